The molecule has 0 amide bonds. The van der Waals surface area contributed by atoms with Crippen LogP contribution in [0, 0.1) is 5.92 Å². The Morgan fingerprint density at radius 3 is 3.00 bits per heavy atom. The van der Waals surface area contributed by atoms with Crippen LogP contribution >= 0.6 is 0 Å². The zero-order valence-electron chi connectivity index (χ0n) is 11.0. The predicted molar refractivity (Wildman–Crippen MR) is 72.9 cm³/mol. The number of nitrogens with one attached hydrogen (secondary N) is 2. The van der Waals surface area contributed by atoms with Crippen LogP contribution in [-0.2, 0) is 6.54 Å². The second kappa shape index (κ2) is 6.54. The summed E-state index contributed by atoms with van der Waals surface area (Å²) in [6.45, 7) is 5.82. The normalized spacial score (nSPS) is 16.7. The first-order valence-corrected chi connectivity index (χ1v) is 6.81. The van der Waals surface area contributed by atoms with Crippen LogP contribution in [0.4, 0.5) is 5.82 Å². The van der Waals surface area contributed by atoms with Crippen LogP contribution in [-0.4, -0.2) is 29.2 Å². The lowest BCUT2D eigenvalue weighted by atomic mass is 9.98. The molecule has 5 nitrogen and oxygen atoms in total. The summed E-state index contributed by atoms with van der Waals surface area (Å²) in [6, 6.07) is 0. The first-order chi connectivity index (χ1) is 8.81. The highest BCUT2D eigenvalue weighted by molar-refractivity contribution is 5.30. The molecule has 1 aromatic heterocycles. The number of aryl methyl sites for hydroxylation is 1. The molecular weight excluding hydrogens is 228 g/mol. The molecule has 0 radical (unpaired) electrons. The van der Waals surface area contributed by atoms with Crippen molar-refractivity contribution >= 4 is 5.82 Å². The van der Waals surface area contributed by atoms with Gasteiger partial charge in [-0.25, -0.2) is 4.98 Å². The van der Waals surface area contributed by atoms with Gasteiger partial charge >= 0.3 is 0 Å². The van der Waals surface area contributed by atoms with Gasteiger partial charge in [0, 0.05) is 25.5 Å². The molecular formula is C13H22N4O. The minimum atomic E-state index is -0.00622. The van der Waals surface area contributed by atoms with E-state index in [0.717, 1.165) is 32.6 Å². The lowest BCUT2D eigenvalue weighted by Crippen LogP contribution is -2.32. The molecule has 0 aliphatic carbocycles. The highest BCUT2D eigenvalue weighted by Gasteiger charge is 2.13. The van der Waals surface area contributed by atoms with Crippen molar-refractivity contribution in [3.05, 3.63) is 22.7 Å². The lowest BCUT2D eigenvalue weighted by Gasteiger charge is -2.22. The van der Waals surface area contributed by atoms with E-state index in [1.165, 1.54) is 12.8 Å². The maximum Gasteiger partial charge on any atom is 0.293 e. The largest absolute Gasteiger partial charge is 0.365 e. The number of piperidine rings is 1. The first kappa shape index (κ1) is 13.1. The Hall–Kier alpha value is -1.36. The molecule has 100 valence electrons. The molecule has 0 atom stereocenters. The molecule has 2 rings (SSSR count). The molecule has 5 heteroatoms. The molecule has 1 aliphatic heterocycles. The van der Waals surface area contributed by atoms with E-state index in [2.05, 4.69) is 22.5 Å². The minimum absolute atomic E-state index is 0.00622. The molecule has 0 unspecified atom stereocenters. The van der Waals surface area contributed by atoms with Crippen LogP contribution in [0.2, 0.25) is 0 Å². The molecule has 0 saturated carbocycles. The second-order valence-electron chi connectivity index (χ2n) is 4.85. The van der Waals surface area contributed by atoms with E-state index >= 15 is 0 Å². The summed E-state index contributed by atoms with van der Waals surface area (Å²) in [7, 11) is 0. The van der Waals surface area contributed by atoms with Crippen molar-refractivity contribution in [1.29, 1.82) is 0 Å². The number of hydrogen-bond acceptors (Lipinski definition) is 4. The van der Waals surface area contributed by atoms with E-state index in [1.54, 1.807) is 17.0 Å². The maximum absolute atomic E-state index is 12.1. The van der Waals surface area contributed by atoms with Gasteiger partial charge in [0.2, 0.25) is 0 Å². The third kappa shape index (κ3) is 3.32. The molecule has 0 bridgehead atoms. The molecule has 0 aromatic carbocycles. The monoisotopic (exact) mass is 250 g/mol. The molecule has 2 heterocycles. The van der Waals surface area contributed by atoms with E-state index in [1.807, 2.05) is 0 Å². The van der Waals surface area contributed by atoms with Crippen molar-refractivity contribution in [1.82, 2.24) is 14.9 Å². The summed E-state index contributed by atoms with van der Waals surface area (Å²) in [5, 5.41) is 6.55. The summed E-state index contributed by atoms with van der Waals surface area (Å²) >= 11 is 0. The maximum atomic E-state index is 12.1. The number of nitrogens with zero attached hydrogens (tertiary/aromatic N) is 2. The first-order valence-electron chi connectivity index (χ1n) is 6.81. The van der Waals surface area contributed by atoms with Gasteiger partial charge in [-0.1, -0.05) is 6.92 Å². The lowest BCUT2D eigenvalue weighted by molar-refractivity contribution is 0.389. The van der Waals surface area contributed by atoms with Crippen molar-refractivity contribution in [3.8, 4) is 0 Å². The molecule has 1 aromatic rings. The molecule has 0 spiro atoms. The number of rotatable bonds is 5. The molecule has 1 saturated heterocycles. The van der Waals surface area contributed by atoms with E-state index in [4.69, 9.17) is 0 Å². The molecule has 1 fully saturated rings. The van der Waals surface area contributed by atoms with Crippen LogP contribution in [0.25, 0.3) is 0 Å². The number of anilines is 1. The Morgan fingerprint density at radius 1 is 1.50 bits per heavy atom. The van der Waals surface area contributed by atoms with Crippen LogP contribution < -0.4 is 16.2 Å². The Balaban J connectivity index is 1.96. The Bertz CT molecular complexity index is 423. The molecule has 1 aliphatic rings. The fraction of sp³-hybridized carbons (Fsp3) is 0.692. The summed E-state index contributed by atoms with van der Waals surface area (Å²) in [4.78, 5) is 16.2. The Labute approximate surface area is 108 Å². The number of aromatic nitrogens is 2. The van der Waals surface area contributed by atoms with Gasteiger partial charge in [-0.2, -0.15) is 0 Å². The summed E-state index contributed by atoms with van der Waals surface area (Å²) in [6.07, 6.45) is 6.74. The van der Waals surface area contributed by atoms with Gasteiger partial charge in [-0.05, 0) is 38.3 Å². The average molecular weight is 250 g/mol. The van der Waals surface area contributed by atoms with Crippen LogP contribution in [0.1, 0.15) is 26.2 Å². The van der Waals surface area contributed by atoms with E-state index in [0.29, 0.717) is 11.7 Å². The molecule has 2 N–H and O–H groups in total. The predicted octanol–water partition coefficient (Wildman–Crippen LogP) is 1.06. The van der Waals surface area contributed by atoms with Gasteiger partial charge < -0.3 is 15.2 Å². The van der Waals surface area contributed by atoms with Crippen molar-refractivity contribution in [3.63, 3.8) is 0 Å². The van der Waals surface area contributed by atoms with Crippen LogP contribution in [0.15, 0.2) is 17.2 Å². The number of hydrogen-bond donors (Lipinski definition) is 2. The van der Waals surface area contributed by atoms with E-state index in [-0.39, 0.29) is 5.56 Å². The zero-order valence-corrected chi connectivity index (χ0v) is 11.0. The topological polar surface area (TPSA) is 59.0 Å². The van der Waals surface area contributed by atoms with Crippen molar-refractivity contribution in [2.45, 2.75) is 32.7 Å². The summed E-state index contributed by atoms with van der Waals surface area (Å²) < 4.78 is 1.72. The third-order valence-corrected chi connectivity index (χ3v) is 3.40. The highest BCUT2D eigenvalue weighted by atomic mass is 16.1. The zero-order chi connectivity index (χ0) is 12.8. The van der Waals surface area contributed by atoms with Crippen molar-refractivity contribution < 1.29 is 0 Å². The van der Waals surface area contributed by atoms with E-state index < -0.39 is 0 Å². The Morgan fingerprint density at radius 2 is 2.28 bits per heavy atom. The smallest absolute Gasteiger partial charge is 0.293 e. The van der Waals surface area contributed by atoms with Crippen molar-refractivity contribution in [2.75, 3.05) is 25.0 Å². The van der Waals surface area contributed by atoms with Crippen LogP contribution in [0.5, 0.6) is 0 Å². The van der Waals surface area contributed by atoms with Gasteiger partial charge in [0.1, 0.15) is 0 Å². The van der Waals surface area contributed by atoms with Gasteiger partial charge in [-0.15, -0.1) is 0 Å². The Kier molecular flexibility index (Phi) is 4.75. The van der Waals surface area contributed by atoms with Gasteiger partial charge in [-0.3, -0.25) is 4.79 Å². The highest BCUT2D eigenvalue weighted by Crippen LogP contribution is 2.11. The summed E-state index contributed by atoms with van der Waals surface area (Å²) in [5.74, 6) is 1.14. The summed E-state index contributed by atoms with van der Waals surface area (Å²) in [5.41, 5.74) is -0.00622. The molecule has 18 heavy (non-hydrogen) atoms. The fourth-order valence-corrected chi connectivity index (χ4v) is 2.31. The van der Waals surface area contributed by atoms with Crippen molar-refractivity contribution in [2.24, 2.45) is 5.92 Å². The van der Waals surface area contributed by atoms with Gasteiger partial charge in [0.25, 0.3) is 5.56 Å². The third-order valence-electron chi connectivity index (χ3n) is 3.40. The fourth-order valence-electron chi connectivity index (χ4n) is 2.31. The van der Waals surface area contributed by atoms with E-state index in [9.17, 15) is 4.79 Å². The standard InChI is InChI=1S/C13H22N4O/c1-2-8-17-9-7-15-12(13(17)18)16-10-11-3-5-14-6-4-11/h7,9,11,14H,2-6,8,10H2,1H3,(H,15,16). The minimum Gasteiger partial charge on any atom is -0.365 e. The van der Waals surface area contributed by atoms with Gasteiger partial charge in [0.05, 0.1) is 0 Å². The van der Waals surface area contributed by atoms with Gasteiger partial charge in [0.15, 0.2) is 5.82 Å². The second-order valence-corrected chi connectivity index (χ2v) is 4.85. The van der Waals surface area contributed by atoms with Crippen LogP contribution in [0.3, 0.4) is 0 Å². The SMILES string of the molecule is CCCn1ccnc(NCC2CCNCC2)c1=O. The quantitative estimate of drug-likeness (QED) is 0.820. The average Bonchev–Trinajstić information content (AvgIpc) is 2.41.